The first-order valence-corrected chi connectivity index (χ1v) is 5.61. The molecule has 106 valence electrons. The third-order valence-corrected chi connectivity index (χ3v) is 3.14. The fourth-order valence-corrected chi connectivity index (χ4v) is 2.08. The van der Waals surface area contributed by atoms with Crippen LogP contribution in [0.15, 0.2) is 17.4 Å². The number of nitrogens with zero attached hydrogens (tertiary/aromatic N) is 3. The summed E-state index contributed by atoms with van der Waals surface area (Å²) in [6, 6.07) is 1.42. The molecule has 2 rings (SSSR count). The highest BCUT2D eigenvalue weighted by atomic mass is 16.6. The van der Waals surface area contributed by atoms with Crippen LogP contribution >= 0.6 is 0 Å². The molecule has 2 heterocycles. The molecule has 6 N–H and O–H groups in total. The number of anilines is 1. The lowest BCUT2D eigenvalue weighted by atomic mass is 9.96. The van der Waals surface area contributed by atoms with E-state index < -0.39 is 30.6 Å². The van der Waals surface area contributed by atoms with Gasteiger partial charge in [0.2, 0.25) is 0 Å². The van der Waals surface area contributed by atoms with Gasteiger partial charge >= 0.3 is 0 Å². The SMILES string of the molecule is C[C@@]1(O)[C@H](O)[C@@H](CO)O[C@H]1n1ccc(N)n/c1=N\O. The molecule has 9 heteroatoms. The predicted molar refractivity (Wildman–Crippen MR) is 61.6 cm³/mol. The minimum Gasteiger partial charge on any atom is -0.408 e. The van der Waals surface area contributed by atoms with E-state index in [4.69, 9.17) is 20.8 Å². The molecule has 9 nitrogen and oxygen atoms in total. The number of aromatic nitrogens is 2. The molecule has 0 unspecified atom stereocenters. The van der Waals surface area contributed by atoms with E-state index in [1.54, 1.807) is 0 Å². The molecular formula is C10H16N4O5. The lowest BCUT2D eigenvalue weighted by Gasteiger charge is -2.27. The third kappa shape index (κ3) is 2.16. The van der Waals surface area contributed by atoms with E-state index in [2.05, 4.69) is 10.1 Å². The topological polar surface area (TPSA) is 146 Å². The fourth-order valence-electron chi connectivity index (χ4n) is 2.08. The van der Waals surface area contributed by atoms with Crippen LogP contribution in [0.5, 0.6) is 0 Å². The second-order valence-electron chi connectivity index (χ2n) is 4.54. The zero-order chi connectivity index (χ0) is 14.2. The van der Waals surface area contributed by atoms with Gasteiger partial charge in [0.25, 0.3) is 5.62 Å². The summed E-state index contributed by atoms with van der Waals surface area (Å²) in [5.41, 5.74) is 3.59. The number of ether oxygens (including phenoxy) is 1. The molecular weight excluding hydrogens is 256 g/mol. The number of hydrogen-bond acceptors (Lipinski definition) is 8. The summed E-state index contributed by atoms with van der Waals surface area (Å²) in [4.78, 5) is 3.77. The van der Waals surface area contributed by atoms with Gasteiger partial charge in [0.05, 0.1) is 6.61 Å². The van der Waals surface area contributed by atoms with Gasteiger partial charge in [-0.15, -0.1) is 0 Å². The normalized spacial score (nSPS) is 35.8. The van der Waals surface area contributed by atoms with Crippen LogP contribution in [0.25, 0.3) is 0 Å². The number of rotatable bonds is 2. The molecule has 1 aromatic heterocycles. The largest absolute Gasteiger partial charge is 0.408 e. The maximum atomic E-state index is 10.3. The van der Waals surface area contributed by atoms with Gasteiger partial charge in [-0.3, -0.25) is 4.57 Å². The molecule has 1 aromatic rings. The Bertz CT molecular complexity index is 529. The van der Waals surface area contributed by atoms with Crippen LogP contribution in [0.1, 0.15) is 13.2 Å². The van der Waals surface area contributed by atoms with Crippen molar-refractivity contribution >= 4 is 5.82 Å². The molecule has 0 aliphatic carbocycles. The van der Waals surface area contributed by atoms with Crippen molar-refractivity contribution in [2.75, 3.05) is 12.3 Å². The van der Waals surface area contributed by atoms with Crippen LogP contribution in [0.3, 0.4) is 0 Å². The van der Waals surface area contributed by atoms with E-state index in [1.807, 2.05) is 0 Å². The van der Waals surface area contributed by atoms with Gasteiger partial charge in [-0.1, -0.05) is 0 Å². The summed E-state index contributed by atoms with van der Waals surface area (Å²) in [5, 5.41) is 41.1. The molecule has 0 aromatic carbocycles. The summed E-state index contributed by atoms with van der Waals surface area (Å²) in [6.45, 7) is 0.894. The number of nitrogen functional groups attached to an aromatic ring is 1. The predicted octanol–water partition coefficient (Wildman–Crippen LogP) is -2.24. The minimum atomic E-state index is -1.69. The zero-order valence-corrected chi connectivity index (χ0v) is 10.2. The van der Waals surface area contributed by atoms with Gasteiger partial charge < -0.3 is 31.0 Å². The Balaban J connectivity index is 2.48. The Kier molecular flexibility index (Phi) is 3.45. The second kappa shape index (κ2) is 4.78. The smallest absolute Gasteiger partial charge is 0.270 e. The van der Waals surface area contributed by atoms with Crippen molar-refractivity contribution < 1.29 is 25.3 Å². The van der Waals surface area contributed by atoms with Crippen LogP contribution in [0.4, 0.5) is 5.82 Å². The molecule has 1 aliphatic heterocycles. The Hall–Kier alpha value is -1.68. The Labute approximate surface area is 108 Å². The van der Waals surface area contributed by atoms with Gasteiger partial charge in [0.15, 0.2) is 6.23 Å². The fraction of sp³-hybridized carbons (Fsp3) is 0.600. The van der Waals surface area contributed by atoms with E-state index in [1.165, 1.54) is 23.8 Å². The summed E-state index contributed by atoms with van der Waals surface area (Å²) in [6.07, 6.45) is -1.91. The van der Waals surface area contributed by atoms with E-state index in [-0.39, 0.29) is 11.4 Å². The molecule has 0 radical (unpaired) electrons. The number of nitrogens with two attached hydrogens (primary N) is 1. The standard InChI is InChI=1S/C10H16N4O5/c1-10(17)7(16)5(4-15)19-8(10)14-3-2-6(11)12-9(14)13-18/h2-3,5,7-8,15-18H,4H2,1H3,(H2,11,12,13)/t5-,7-,8-,10-/m1/s1. The van der Waals surface area contributed by atoms with Gasteiger partial charge in [-0.05, 0) is 18.1 Å². The lowest BCUT2D eigenvalue weighted by molar-refractivity contribution is -0.0996. The van der Waals surface area contributed by atoms with Crippen molar-refractivity contribution in [2.24, 2.45) is 5.16 Å². The lowest BCUT2D eigenvalue weighted by Crippen LogP contribution is -2.46. The average Bonchev–Trinajstić information content (AvgIpc) is 2.61. The number of hydrogen-bond donors (Lipinski definition) is 5. The Morgan fingerprint density at radius 2 is 2.32 bits per heavy atom. The first-order valence-electron chi connectivity index (χ1n) is 5.61. The Morgan fingerprint density at radius 3 is 2.84 bits per heavy atom. The van der Waals surface area contributed by atoms with E-state index in [0.717, 1.165) is 0 Å². The molecule has 0 amide bonds. The van der Waals surface area contributed by atoms with Crippen LogP contribution in [0, 0.1) is 0 Å². The molecule has 1 saturated heterocycles. The van der Waals surface area contributed by atoms with Gasteiger partial charge in [-0.25, -0.2) is 0 Å². The average molecular weight is 272 g/mol. The molecule has 0 saturated carbocycles. The Morgan fingerprint density at radius 1 is 1.63 bits per heavy atom. The molecule has 0 spiro atoms. The first kappa shape index (κ1) is 13.7. The molecule has 1 aliphatic rings. The van der Waals surface area contributed by atoms with E-state index >= 15 is 0 Å². The monoisotopic (exact) mass is 272 g/mol. The van der Waals surface area contributed by atoms with Crippen molar-refractivity contribution in [3.05, 3.63) is 17.9 Å². The minimum absolute atomic E-state index is 0.126. The molecule has 1 fully saturated rings. The quantitative estimate of drug-likeness (QED) is 0.302. The summed E-state index contributed by atoms with van der Waals surface area (Å²) >= 11 is 0. The summed E-state index contributed by atoms with van der Waals surface area (Å²) < 4.78 is 6.59. The number of aliphatic hydroxyl groups excluding tert-OH is 2. The highest BCUT2D eigenvalue weighted by Crippen LogP contribution is 2.37. The van der Waals surface area contributed by atoms with Crippen LogP contribution in [-0.4, -0.2) is 54.5 Å². The molecule has 19 heavy (non-hydrogen) atoms. The highest BCUT2D eigenvalue weighted by molar-refractivity contribution is 5.23. The van der Waals surface area contributed by atoms with Crippen molar-refractivity contribution in [3.8, 4) is 0 Å². The van der Waals surface area contributed by atoms with Gasteiger partial charge in [0.1, 0.15) is 23.6 Å². The van der Waals surface area contributed by atoms with Crippen LogP contribution < -0.4 is 11.4 Å². The number of aliphatic hydroxyl groups is 3. The summed E-state index contributed by atoms with van der Waals surface area (Å²) in [5.74, 6) is 0.126. The first-order chi connectivity index (χ1) is 8.91. The maximum absolute atomic E-state index is 10.3. The van der Waals surface area contributed by atoms with Crippen molar-refractivity contribution in [1.82, 2.24) is 9.55 Å². The van der Waals surface area contributed by atoms with Crippen LogP contribution in [0.2, 0.25) is 0 Å². The second-order valence-corrected chi connectivity index (χ2v) is 4.54. The van der Waals surface area contributed by atoms with Gasteiger partial charge in [-0.2, -0.15) is 4.98 Å². The van der Waals surface area contributed by atoms with Crippen molar-refractivity contribution in [2.45, 2.75) is 31.0 Å². The van der Waals surface area contributed by atoms with E-state index in [9.17, 15) is 10.2 Å². The van der Waals surface area contributed by atoms with Crippen molar-refractivity contribution in [1.29, 1.82) is 0 Å². The maximum Gasteiger partial charge on any atom is 0.270 e. The molecule has 4 atom stereocenters. The summed E-state index contributed by atoms with van der Waals surface area (Å²) in [7, 11) is 0. The van der Waals surface area contributed by atoms with E-state index in [0.29, 0.717) is 0 Å². The third-order valence-electron chi connectivity index (χ3n) is 3.14. The van der Waals surface area contributed by atoms with Gasteiger partial charge in [0, 0.05) is 6.20 Å². The highest BCUT2D eigenvalue weighted by Gasteiger charge is 2.53. The van der Waals surface area contributed by atoms with Crippen molar-refractivity contribution in [3.63, 3.8) is 0 Å². The zero-order valence-electron chi connectivity index (χ0n) is 10.2. The van der Waals surface area contributed by atoms with Crippen LogP contribution in [-0.2, 0) is 4.74 Å². The molecule has 0 bridgehead atoms.